The van der Waals surface area contributed by atoms with Crippen molar-refractivity contribution in [3.63, 3.8) is 0 Å². The SMILES string of the molecule is C=S(=O)(CCC)NCCCc1ccc2c(c1)C(Cc1cccc(F)c1)C(NC(C)=O)CC2. The van der Waals surface area contributed by atoms with Crippen molar-refractivity contribution in [1.29, 1.82) is 0 Å². The molecule has 0 aromatic heterocycles. The summed E-state index contributed by atoms with van der Waals surface area (Å²) in [5.41, 5.74) is 4.72. The maximum absolute atomic E-state index is 13.8. The van der Waals surface area contributed by atoms with Crippen molar-refractivity contribution in [2.24, 2.45) is 0 Å². The molecule has 0 bridgehead atoms. The number of hydrogen-bond acceptors (Lipinski definition) is 2. The first-order valence-corrected chi connectivity index (χ1v) is 13.4. The molecular formula is C26H35FN2O2S. The molecule has 2 N–H and O–H groups in total. The summed E-state index contributed by atoms with van der Waals surface area (Å²) in [4.78, 5) is 11.8. The van der Waals surface area contributed by atoms with Gasteiger partial charge in [0.05, 0.1) is 0 Å². The molecule has 3 unspecified atom stereocenters. The maximum atomic E-state index is 13.8. The maximum Gasteiger partial charge on any atom is 0.217 e. The number of carbonyl (C=O) groups excluding carboxylic acids is 1. The summed E-state index contributed by atoms with van der Waals surface area (Å²) in [7, 11) is -2.19. The lowest BCUT2D eigenvalue weighted by Crippen LogP contribution is -2.41. The summed E-state index contributed by atoms with van der Waals surface area (Å²) in [6.45, 7) is 4.23. The number of fused-ring (bicyclic) bond motifs is 1. The lowest BCUT2D eigenvalue weighted by Gasteiger charge is -2.34. The van der Waals surface area contributed by atoms with Gasteiger partial charge in [-0.25, -0.2) is 9.11 Å². The molecule has 0 fully saturated rings. The van der Waals surface area contributed by atoms with Gasteiger partial charge in [0, 0.05) is 40.9 Å². The second-order valence-electron chi connectivity index (χ2n) is 8.83. The summed E-state index contributed by atoms with van der Waals surface area (Å²) < 4.78 is 29.2. The van der Waals surface area contributed by atoms with Crippen LogP contribution in [0.4, 0.5) is 4.39 Å². The molecule has 3 rings (SSSR count). The number of amides is 1. The van der Waals surface area contributed by atoms with E-state index >= 15 is 0 Å². The van der Waals surface area contributed by atoms with E-state index in [4.69, 9.17) is 0 Å². The summed E-state index contributed by atoms with van der Waals surface area (Å²) >= 11 is 0. The van der Waals surface area contributed by atoms with Crippen molar-refractivity contribution < 1.29 is 13.4 Å². The minimum absolute atomic E-state index is 0.0325. The molecule has 1 aliphatic rings. The van der Waals surface area contributed by atoms with Crippen LogP contribution in [0.25, 0.3) is 0 Å². The molecule has 174 valence electrons. The van der Waals surface area contributed by atoms with Gasteiger partial charge >= 0.3 is 0 Å². The zero-order chi connectivity index (χ0) is 23.1. The minimum atomic E-state index is -2.19. The van der Waals surface area contributed by atoms with Crippen LogP contribution in [-0.2, 0) is 33.8 Å². The smallest absolute Gasteiger partial charge is 0.217 e. The molecule has 32 heavy (non-hydrogen) atoms. The monoisotopic (exact) mass is 458 g/mol. The van der Waals surface area contributed by atoms with Gasteiger partial charge in [-0.1, -0.05) is 37.3 Å². The summed E-state index contributed by atoms with van der Waals surface area (Å²) in [6.07, 6.45) is 5.08. The highest BCUT2D eigenvalue weighted by molar-refractivity contribution is 7.98. The number of halogens is 1. The van der Waals surface area contributed by atoms with E-state index in [-0.39, 0.29) is 23.7 Å². The van der Waals surface area contributed by atoms with Crippen molar-refractivity contribution >= 4 is 21.5 Å². The topological polar surface area (TPSA) is 58.2 Å². The van der Waals surface area contributed by atoms with Crippen molar-refractivity contribution in [3.05, 3.63) is 70.5 Å². The van der Waals surface area contributed by atoms with Gasteiger partial charge in [-0.15, -0.1) is 0 Å². The number of benzene rings is 2. The van der Waals surface area contributed by atoms with E-state index in [9.17, 15) is 13.4 Å². The highest BCUT2D eigenvalue weighted by atomic mass is 32.2. The summed E-state index contributed by atoms with van der Waals surface area (Å²) in [5, 5.41) is 3.13. The molecular weight excluding hydrogens is 423 g/mol. The van der Waals surface area contributed by atoms with Crippen molar-refractivity contribution in [2.75, 3.05) is 12.3 Å². The van der Waals surface area contributed by atoms with Gasteiger partial charge in [-0.3, -0.25) is 9.00 Å². The van der Waals surface area contributed by atoms with Crippen LogP contribution in [0, 0.1) is 5.82 Å². The minimum Gasteiger partial charge on any atom is -0.353 e. The van der Waals surface area contributed by atoms with Crippen LogP contribution in [-0.4, -0.2) is 34.3 Å². The van der Waals surface area contributed by atoms with Crippen LogP contribution in [0.1, 0.15) is 61.3 Å². The highest BCUT2D eigenvalue weighted by Gasteiger charge is 2.30. The molecule has 0 spiro atoms. The highest BCUT2D eigenvalue weighted by Crippen LogP contribution is 2.35. The molecule has 0 heterocycles. The Balaban J connectivity index is 1.76. The third-order valence-corrected chi connectivity index (χ3v) is 7.89. The Morgan fingerprint density at radius 1 is 1.22 bits per heavy atom. The summed E-state index contributed by atoms with van der Waals surface area (Å²) in [5.74, 6) is 4.23. The van der Waals surface area contributed by atoms with Crippen LogP contribution < -0.4 is 10.0 Å². The fraction of sp³-hybridized carbons (Fsp3) is 0.462. The van der Waals surface area contributed by atoms with E-state index < -0.39 is 9.71 Å². The first-order chi connectivity index (χ1) is 15.3. The molecule has 1 amide bonds. The largest absolute Gasteiger partial charge is 0.353 e. The van der Waals surface area contributed by atoms with Gasteiger partial charge in [0.15, 0.2) is 0 Å². The van der Waals surface area contributed by atoms with Crippen LogP contribution in [0.15, 0.2) is 42.5 Å². The van der Waals surface area contributed by atoms with Gasteiger partial charge in [0.25, 0.3) is 0 Å². The number of hydrogen-bond donors (Lipinski definition) is 2. The second-order valence-corrected chi connectivity index (χ2v) is 11.2. The Bertz CT molecular complexity index is 1040. The molecule has 0 radical (unpaired) electrons. The van der Waals surface area contributed by atoms with Crippen LogP contribution in [0.3, 0.4) is 0 Å². The Hall–Kier alpha value is -2.18. The molecule has 2 aromatic rings. The molecule has 1 aliphatic carbocycles. The summed E-state index contributed by atoms with van der Waals surface area (Å²) in [6, 6.07) is 13.4. The third-order valence-electron chi connectivity index (χ3n) is 6.09. The zero-order valence-electron chi connectivity index (χ0n) is 19.2. The number of carbonyl (C=O) groups is 1. The average Bonchev–Trinajstić information content (AvgIpc) is 2.72. The molecule has 3 atom stereocenters. The first-order valence-electron chi connectivity index (χ1n) is 11.5. The van der Waals surface area contributed by atoms with E-state index in [0.717, 1.165) is 37.7 Å². The fourth-order valence-electron chi connectivity index (χ4n) is 4.66. The molecule has 2 aromatic carbocycles. The van der Waals surface area contributed by atoms with E-state index in [1.54, 1.807) is 19.1 Å². The lowest BCUT2D eigenvalue weighted by atomic mass is 9.75. The molecule has 6 heteroatoms. The number of aryl methyl sites for hydroxylation is 2. The zero-order valence-corrected chi connectivity index (χ0v) is 20.0. The average molecular weight is 459 g/mol. The first kappa shape index (κ1) is 24.5. The van der Waals surface area contributed by atoms with Gasteiger partial charge in [0.1, 0.15) is 5.82 Å². The van der Waals surface area contributed by atoms with Crippen molar-refractivity contribution in [1.82, 2.24) is 10.0 Å². The number of nitrogens with one attached hydrogen (secondary N) is 2. The third kappa shape index (κ3) is 6.91. The van der Waals surface area contributed by atoms with Gasteiger partial charge < -0.3 is 5.32 Å². The molecule has 0 saturated heterocycles. The van der Waals surface area contributed by atoms with Gasteiger partial charge in [-0.2, -0.15) is 0 Å². The molecule has 0 saturated carbocycles. The second kappa shape index (κ2) is 11.1. The quantitative estimate of drug-likeness (QED) is 0.415. The van der Waals surface area contributed by atoms with E-state index in [0.29, 0.717) is 18.7 Å². The molecule has 0 aliphatic heterocycles. The predicted octanol–water partition coefficient (Wildman–Crippen LogP) is 4.17. The Morgan fingerprint density at radius 2 is 2.03 bits per heavy atom. The van der Waals surface area contributed by atoms with E-state index in [2.05, 4.69) is 34.1 Å². The van der Waals surface area contributed by atoms with Gasteiger partial charge in [0.2, 0.25) is 5.91 Å². The number of rotatable bonds is 10. The van der Waals surface area contributed by atoms with Crippen LogP contribution >= 0.6 is 0 Å². The van der Waals surface area contributed by atoms with Crippen LogP contribution in [0.5, 0.6) is 0 Å². The van der Waals surface area contributed by atoms with E-state index in [1.165, 1.54) is 22.8 Å². The Kier molecular flexibility index (Phi) is 8.49. The van der Waals surface area contributed by atoms with Crippen LogP contribution in [0.2, 0.25) is 0 Å². The molecule has 4 nitrogen and oxygen atoms in total. The predicted molar refractivity (Wildman–Crippen MR) is 132 cm³/mol. The van der Waals surface area contributed by atoms with E-state index in [1.807, 2.05) is 13.0 Å². The van der Waals surface area contributed by atoms with Crippen molar-refractivity contribution in [2.45, 2.75) is 64.3 Å². The fourth-order valence-corrected chi connectivity index (χ4v) is 5.98. The Labute approximate surface area is 192 Å². The Morgan fingerprint density at radius 3 is 2.75 bits per heavy atom. The normalized spacial score (nSPS) is 19.7. The standard InChI is InChI=1S/C26H35FN2O2S/c1-4-15-32(3,31)28-14-6-8-20-10-11-22-12-13-26(29-19(2)30)25(24(22)17-20)18-21-7-5-9-23(27)16-21/h5,7,9-11,16-17,25-26H,3-4,6,8,12-15,18H2,1-2H3,(H,28,31)(H,29,30). The van der Waals surface area contributed by atoms with Crippen molar-refractivity contribution in [3.8, 4) is 0 Å². The van der Waals surface area contributed by atoms with Gasteiger partial charge in [-0.05, 0) is 78.8 Å². The lowest BCUT2D eigenvalue weighted by molar-refractivity contribution is -0.119.